The fourth-order valence-corrected chi connectivity index (χ4v) is 1.19. The zero-order chi connectivity index (χ0) is 10.6. The molecule has 2 nitrogen and oxygen atoms in total. The van der Waals surface area contributed by atoms with E-state index in [0.717, 1.165) is 6.42 Å². The van der Waals surface area contributed by atoms with Crippen LogP contribution in [0.1, 0.15) is 31.9 Å². The molecule has 78 valence electrons. The van der Waals surface area contributed by atoms with Crippen LogP contribution in [0.25, 0.3) is 0 Å². The zero-order valence-corrected chi connectivity index (χ0v) is 8.59. The second-order valence-corrected chi connectivity index (χ2v) is 3.32. The van der Waals surface area contributed by atoms with Crippen molar-refractivity contribution in [2.45, 2.75) is 26.3 Å². The van der Waals surface area contributed by atoms with E-state index in [4.69, 9.17) is 10.5 Å². The minimum absolute atomic E-state index is 0.282. The molecule has 0 saturated carbocycles. The third kappa shape index (κ3) is 2.70. The topological polar surface area (TPSA) is 35.2 Å². The van der Waals surface area contributed by atoms with E-state index in [-0.39, 0.29) is 11.9 Å². The van der Waals surface area contributed by atoms with Crippen LogP contribution >= 0.6 is 0 Å². The van der Waals surface area contributed by atoms with Crippen molar-refractivity contribution in [2.75, 3.05) is 6.61 Å². The minimum atomic E-state index is -0.298. The Labute approximate surface area is 83.9 Å². The van der Waals surface area contributed by atoms with Crippen molar-refractivity contribution in [3.05, 3.63) is 29.6 Å². The number of rotatable bonds is 4. The molecule has 0 heterocycles. The maximum atomic E-state index is 13.4. The lowest BCUT2D eigenvalue weighted by molar-refractivity contribution is 0.315. The molecule has 1 rings (SSSR count). The maximum Gasteiger partial charge on any atom is 0.131 e. The molecule has 0 radical (unpaired) electrons. The standard InChI is InChI=1S/C11H16FNO/c1-3-6-14-9-4-5-10(8(2)13)11(12)7-9/h4-5,7-8H,3,6,13H2,1-2H3. The van der Waals surface area contributed by atoms with Gasteiger partial charge in [-0.25, -0.2) is 4.39 Å². The summed E-state index contributed by atoms with van der Waals surface area (Å²) in [6, 6.07) is 4.52. The van der Waals surface area contributed by atoms with Crippen LogP contribution in [0.3, 0.4) is 0 Å². The molecule has 3 heteroatoms. The van der Waals surface area contributed by atoms with E-state index >= 15 is 0 Å². The van der Waals surface area contributed by atoms with Crippen molar-refractivity contribution in [1.29, 1.82) is 0 Å². The molecule has 0 spiro atoms. The molecule has 0 saturated heterocycles. The first-order chi connectivity index (χ1) is 6.65. The quantitative estimate of drug-likeness (QED) is 0.805. The number of ether oxygens (including phenoxy) is 1. The molecule has 1 unspecified atom stereocenters. The first-order valence-electron chi connectivity index (χ1n) is 4.83. The molecule has 0 amide bonds. The number of halogens is 1. The molecule has 2 N–H and O–H groups in total. The summed E-state index contributed by atoms with van der Waals surface area (Å²) in [5, 5.41) is 0. The lowest BCUT2D eigenvalue weighted by Crippen LogP contribution is -2.07. The Morgan fingerprint density at radius 2 is 2.21 bits per heavy atom. The molecule has 0 aliphatic heterocycles. The van der Waals surface area contributed by atoms with Crippen molar-refractivity contribution >= 4 is 0 Å². The van der Waals surface area contributed by atoms with Crippen LogP contribution in [0.4, 0.5) is 4.39 Å². The first-order valence-corrected chi connectivity index (χ1v) is 4.83. The number of nitrogens with two attached hydrogens (primary N) is 1. The second kappa shape index (κ2) is 4.96. The Bertz CT molecular complexity index is 299. The molecule has 0 aliphatic rings. The van der Waals surface area contributed by atoms with Crippen LogP contribution in [-0.2, 0) is 0 Å². The van der Waals surface area contributed by atoms with E-state index < -0.39 is 0 Å². The van der Waals surface area contributed by atoms with Gasteiger partial charge in [-0.1, -0.05) is 13.0 Å². The monoisotopic (exact) mass is 197 g/mol. The fourth-order valence-electron chi connectivity index (χ4n) is 1.19. The molecule has 1 aromatic carbocycles. The van der Waals surface area contributed by atoms with E-state index in [1.807, 2.05) is 6.92 Å². The van der Waals surface area contributed by atoms with Crippen molar-refractivity contribution < 1.29 is 9.13 Å². The summed E-state index contributed by atoms with van der Waals surface area (Å²) in [7, 11) is 0. The van der Waals surface area contributed by atoms with Gasteiger partial charge in [0.1, 0.15) is 11.6 Å². The Kier molecular flexibility index (Phi) is 3.89. The number of hydrogen-bond acceptors (Lipinski definition) is 2. The van der Waals surface area contributed by atoms with Gasteiger partial charge in [0.15, 0.2) is 0 Å². The average molecular weight is 197 g/mol. The van der Waals surface area contributed by atoms with Crippen molar-refractivity contribution in [3.8, 4) is 5.75 Å². The molecule has 0 aromatic heterocycles. The predicted molar refractivity (Wildman–Crippen MR) is 54.8 cm³/mol. The lowest BCUT2D eigenvalue weighted by atomic mass is 10.1. The van der Waals surface area contributed by atoms with E-state index in [1.54, 1.807) is 19.1 Å². The highest BCUT2D eigenvalue weighted by Crippen LogP contribution is 2.20. The van der Waals surface area contributed by atoms with Crippen LogP contribution < -0.4 is 10.5 Å². The normalized spacial score (nSPS) is 12.6. The summed E-state index contributed by atoms with van der Waals surface area (Å²) in [4.78, 5) is 0. The molecule has 0 bridgehead atoms. The Morgan fingerprint density at radius 1 is 1.50 bits per heavy atom. The van der Waals surface area contributed by atoms with Gasteiger partial charge < -0.3 is 10.5 Å². The van der Waals surface area contributed by atoms with Crippen LogP contribution in [-0.4, -0.2) is 6.61 Å². The first kappa shape index (κ1) is 11.0. The third-order valence-corrected chi connectivity index (χ3v) is 1.94. The van der Waals surface area contributed by atoms with Gasteiger partial charge in [-0.15, -0.1) is 0 Å². The predicted octanol–water partition coefficient (Wildman–Crippen LogP) is 2.63. The van der Waals surface area contributed by atoms with Crippen LogP contribution in [0.2, 0.25) is 0 Å². The van der Waals surface area contributed by atoms with Gasteiger partial charge in [0, 0.05) is 17.7 Å². The summed E-state index contributed by atoms with van der Waals surface area (Å²) < 4.78 is 18.7. The Morgan fingerprint density at radius 3 is 2.71 bits per heavy atom. The highest BCUT2D eigenvalue weighted by atomic mass is 19.1. The van der Waals surface area contributed by atoms with Crippen molar-refractivity contribution in [1.82, 2.24) is 0 Å². The second-order valence-electron chi connectivity index (χ2n) is 3.32. The number of hydrogen-bond donors (Lipinski definition) is 1. The van der Waals surface area contributed by atoms with Crippen molar-refractivity contribution in [2.24, 2.45) is 5.73 Å². The van der Waals surface area contributed by atoms with E-state index in [2.05, 4.69) is 0 Å². The Hall–Kier alpha value is -1.09. The molecule has 0 aliphatic carbocycles. The number of benzene rings is 1. The average Bonchev–Trinajstić information content (AvgIpc) is 2.14. The van der Waals surface area contributed by atoms with E-state index in [0.29, 0.717) is 17.9 Å². The fraction of sp³-hybridized carbons (Fsp3) is 0.455. The molecule has 1 aromatic rings. The SMILES string of the molecule is CCCOc1ccc(C(C)N)c(F)c1. The van der Waals surface area contributed by atoms with E-state index in [1.165, 1.54) is 6.07 Å². The summed E-state index contributed by atoms with van der Waals surface area (Å²) >= 11 is 0. The summed E-state index contributed by atoms with van der Waals surface area (Å²) in [5.41, 5.74) is 6.11. The highest BCUT2D eigenvalue weighted by molar-refractivity contribution is 5.30. The van der Waals surface area contributed by atoms with Gasteiger partial charge in [0.2, 0.25) is 0 Å². The highest BCUT2D eigenvalue weighted by Gasteiger charge is 2.07. The molecular weight excluding hydrogens is 181 g/mol. The minimum Gasteiger partial charge on any atom is -0.494 e. The van der Waals surface area contributed by atoms with Gasteiger partial charge in [-0.05, 0) is 19.4 Å². The largest absolute Gasteiger partial charge is 0.494 e. The van der Waals surface area contributed by atoms with Crippen LogP contribution in [0, 0.1) is 5.82 Å². The molecule has 1 atom stereocenters. The summed E-state index contributed by atoms with van der Waals surface area (Å²) in [6.45, 7) is 4.37. The molecule has 0 fully saturated rings. The summed E-state index contributed by atoms with van der Waals surface area (Å²) in [5.74, 6) is 0.266. The van der Waals surface area contributed by atoms with Gasteiger partial charge in [-0.2, -0.15) is 0 Å². The van der Waals surface area contributed by atoms with Crippen molar-refractivity contribution in [3.63, 3.8) is 0 Å². The van der Waals surface area contributed by atoms with Crippen LogP contribution in [0.5, 0.6) is 5.75 Å². The Balaban J connectivity index is 2.78. The molecular formula is C11H16FNO. The van der Waals surface area contributed by atoms with Crippen LogP contribution in [0.15, 0.2) is 18.2 Å². The lowest BCUT2D eigenvalue weighted by Gasteiger charge is -2.09. The molecule has 14 heavy (non-hydrogen) atoms. The van der Waals surface area contributed by atoms with Gasteiger partial charge in [0.05, 0.1) is 6.61 Å². The van der Waals surface area contributed by atoms with E-state index in [9.17, 15) is 4.39 Å². The van der Waals surface area contributed by atoms with Gasteiger partial charge >= 0.3 is 0 Å². The zero-order valence-electron chi connectivity index (χ0n) is 8.59. The van der Waals surface area contributed by atoms with Gasteiger partial charge in [-0.3, -0.25) is 0 Å². The smallest absolute Gasteiger partial charge is 0.131 e. The maximum absolute atomic E-state index is 13.4. The third-order valence-electron chi connectivity index (χ3n) is 1.94. The summed E-state index contributed by atoms with van der Waals surface area (Å²) in [6.07, 6.45) is 0.913. The van der Waals surface area contributed by atoms with Gasteiger partial charge in [0.25, 0.3) is 0 Å².